The molecule has 1 saturated heterocycles. The van der Waals surface area contributed by atoms with Crippen LogP contribution in [0.25, 0.3) is 0 Å². The Kier molecular flexibility index (Phi) is 4.32. The third-order valence-corrected chi connectivity index (χ3v) is 6.07. The largest absolute Gasteiger partial charge is 0.382 e. The number of anilines is 2. The van der Waals surface area contributed by atoms with Gasteiger partial charge in [0.05, 0.1) is 25.0 Å². The molecule has 2 N–H and O–H groups in total. The lowest BCUT2D eigenvalue weighted by atomic mass is 10.2. The number of rotatable bonds is 4. The highest BCUT2D eigenvalue weighted by Gasteiger charge is 2.31. The van der Waals surface area contributed by atoms with Crippen molar-refractivity contribution in [1.29, 1.82) is 0 Å². The minimum Gasteiger partial charge on any atom is -0.382 e. The van der Waals surface area contributed by atoms with Crippen molar-refractivity contribution in [3.8, 4) is 0 Å². The van der Waals surface area contributed by atoms with E-state index in [1.807, 2.05) is 18.7 Å². The first-order valence-electron chi connectivity index (χ1n) is 6.29. The molecule has 1 fully saturated rings. The van der Waals surface area contributed by atoms with Crippen molar-refractivity contribution in [3.05, 3.63) is 0 Å². The Morgan fingerprint density at radius 1 is 1.58 bits per heavy atom. The molecule has 0 aromatic carbocycles. The van der Waals surface area contributed by atoms with E-state index in [9.17, 15) is 8.42 Å². The van der Waals surface area contributed by atoms with E-state index in [4.69, 9.17) is 10.5 Å². The van der Waals surface area contributed by atoms with Crippen LogP contribution in [0.4, 0.5) is 10.8 Å². The molecule has 0 spiro atoms. The van der Waals surface area contributed by atoms with E-state index in [-0.39, 0.29) is 22.5 Å². The van der Waals surface area contributed by atoms with E-state index in [0.717, 1.165) is 11.5 Å². The molecule has 8 heteroatoms. The first kappa shape index (κ1) is 14.5. The van der Waals surface area contributed by atoms with Crippen LogP contribution in [0.3, 0.4) is 0 Å². The van der Waals surface area contributed by atoms with Gasteiger partial charge < -0.3 is 15.4 Å². The van der Waals surface area contributed by atoms with Crippen molar-refractivity contribution in [1.82, 2.24) is 4.37 Å². The van der Waals surface area contributed by atoms with Crippen LogP contribution in [-0.2, 0) is 14.6 Å². The van der Waals surface area contributed by atoms with Crippen LogP contribution in [0.15, 0.2) is 4.90 Å². The second-order valence-corrected chi connectivity index (χ2v) is 7.44. The molecule has 1 unspecified atom stereocenters. The van der Waals surface area contributed by atoms with E-state index in [2.05, 4.69) is 4.37 Å². The van der Waals surface area contributed by atoms with E-state index in [1.165, 1.54) is 0 Å². The summed E-state index contributed by atoms with van der Waals surface area (Å²) in [5, 5.41) is 0.654. The van der Waals surface area contributed by atoms with Crippen LogP contribution in [0, 0.1) is 0 Å². The summed E-state index contributed by atoms with van der Waals surface area (Å²) in [4.78, 5) is 2.23. The predicted octanol–water partition coefficient (Wildman–Crippen LogP) is 1.13. The van der Waals surface area contributed by atoms with E-state index in [0.29, 0.717) is 31.2 Å². The van der Waals surface area contributed by atoms with E-state index in [1.54, 1.807) is 0 Å². The number of hydrogen-bond donors (Lipinski definition) is 1. The molecule has 2 heterocycles. The van der Waals surface area contributed by atoms with Gasteiger partial charge in [0, 0.05) is 6.54 Å². The molecule has 1 aromatic heterocycles. The first-order chi connectivity index (χ1) is 8.97. The summed E-state index contributed by atoms with van der Waals surface area (Å²) in [7, 11) is -3.36. The quantitative estimate of drug-likeness (QED) is 0.897. The number of nitrogen functional groups attached to an aromatic ring is 1. The van der Waals surface area contributed by atoms with Gasteiger partial charge in [-0.3, -0.25) is 0 Å². The molecule has 1 aromatic rings. The number of hydrogen-bond acceptors (Lipinski definition) is 7. The molecule has 1 aliphatic heterocycles. The summed E-state index contributed by atoms with van der Waals surface area (Å²) in [5.74, 6) is 0.216. The molecule has 1 atom stereocenters. The molecule has 1 aliphatic rings. The highest BCUT2D eigenvalue weighted by molar-refractivity contribution is 7.91. The van der Waals surface area contributed by atoms with Crippen molar-refractivity contribution >= 4 is 32.2 Å². The van der Waals surface area contributed by atoms with Crippen LogP contribution in [0.5, 0.6) is 0 Å². The Hall–Kier alpha value is -0.860. The molecule has 0 aliphatic carbocycles. The molecule has 0 radical (unpaired) electrons. The highest BCUT2D eigenvalue weighted by atomic mass is 32.2. The average molecular weight is 305 g/mol. The minimum atomic E-state index is -3.36. The van der Waals surface area contributed by atoms with Crippen molar-refractivity contribution in [2.24, 2.45) is 0 Å². The monoisotopic (exact) mass is 305 g/mol. The summed E-state index contributed by atoms with van der Waals surface area (Å²) in [6, 6.07) is 0.129. The lowest BCUT2D eigenvalue weighted by molar-refractivity contribution is 0.0990. The lowest BCUT2D eigenvalue weighted by Gasteiger charge is -2.34. The van der Waals surface area contributed by atoms with Crippen molar-refractivity contribution in [2.75, 3.05) is 36.1 Å². The van der Waals surface area contributed by atoms with Crippen LogP contribution in [0.1, 0.15) is 20.3 Å². The second kappa shape index (κ2) is 5.64. The minimum absolute atomic E-state index is 0.0985. The number of nitrogens with two attached hydrogens (primary N) is 1. The Morgan fingerprint density at radius 3 is 2.95 bits per heavy atom. The van der Waals surface area contributed by atoms with Crippen LogP contribution >= 0.6 is 11.5 Å². The highest BCUT2D eigenvalue weighted by Crippen LogP contribution is 2.37. The molecule has 0 amide bonds. The normalized spacial score (nSPS) is 20.7. The van der Waals surface area contributed by atoms with E-state index >= 15 is 0 Å². The topological polar surface area (TPSA) is 85.5 Å². The van der Waals surface area contributed by atoms with Gasteiger partial charge in [-0.25, -0.2) is 8.42 Å². The average Bonchev–Trinajstić information content (AvgIpc) is 2.72. The SMILES string of the molecule is CCCS(=O)(=O)c1c(N)nsc1N1CCOCC1C. The molecule has 108 valence electrons. The van der Waals surface area contributed by atoms with Gasteiger partial charge in [0.15, 0.2) is 15.7 Å². The predicted molar refractivity (Wildman–Crippen MR) is 76.5 cm³/mol. The van der Waals surface area contributed by atoms with Crippen LogP contribution in [0.2, 0.25) is 0 Å². The van der Waals surface area contributed by atoms with Crippen LogP contribution < -0.4 is 10.6 Å². The zero-order valence-corrected chi connectivity index (χ0v) is 12.8. The maximum Gasteiger partial charge on any atom is 0.185 e. The second-order valence-electron chi connectivity index (χ2n) is 4.64. The lowest BCUT2D eigenvalue weighted by Crippen LogP contribution is -2.43. The number of morpholine rings is 1. The Labute approximate surface area is 117 Å². The smallest absolute Gasteiger partial charge is 0.185 e. The van der Waals surface area contributed by atoms with E-state index < -0.39 is 9.84 Å². The first-order valence-corrected chi connectivity index (χ1v) is 8.72. The molecule has 2 rings (SSSR count). The third-order valence-electron chi connectivity index (χ3n) is 3.07. The number of ether oxygens (including phenoxy) is 1. The van der Waals surface area contributed by atoms with Crippen molar-refractivity contribution in [2.45, 2.75) is 31.2 Å². The van der Waals surface area contributed by atoms with Gasteiger partial charge in [0.1, 0.15) is 9.90 Å². The van der Waals surface area contributed by atoms with Gasteiger partial charge in [-0.15, -0.1) is 0 Å². The van der Waals surface area contributed by atoms with Gasteiger partial charge in [-0.05, 0) is 24.9 Å². The van der Waals surface area contributed by atoms with Crippen LogP contribution in [-0.4, -0.2) is 44.3 Å². The van der Waals surface area contributed by atoms with Gasteiger partial charge in [0.25, 0.3) is 0 Å². The zero-order valence-electron chi connectivity index (χ0n) is 11.1. The van der Waals surface area contributed by atoms with Crippen molar-refractivity contribution < 1.29 is 13.2 Å². The van der Waals surface area contributed by atoms with Crippen molar-refractivity contribution in [3.63, 3.8) is 0 Å². The molecular weight excluding hydrogens is 286 g/mol. The molecule has 0 saturated carbocycles. The fraction of sp³-hybridized carbons (Fsp3) is 0.727. The van der Waals surface area contributed by atoms with Gasteiger partial charge in [-0.1, -0.05) is 6.92 Å². The Morgan fingerprint density at radius 2 is 2.32 bits per heavy atom. The molecule has 19 heavy (non-hydrogen) atoms. The standard InChI is InChI=1S/C11H19N3O3S2/c1-3-6-19(15,16)9-10(12)13-18-11(9)14-4-5-17-7-8(14)2/h8H,3-7H2,1-2H3,(H2,12,13). The maximum atomic E-state index is 12.3. The summed E-state index contributed by atoms with van der Waals surface area (Å²) in [6.45, 7) is 5.69. The number of nitrogens with zero attached hydrogens (tertiary/aromatic N) is 2. The fourth-order valence-electron chi connectivity index (χ4n) is 2.16. The summed E-state index contributed by atoms with van der Waals surface area (Å²) in [6.07, 6.45) is 0.565. The summed E-state index contributed by atoms with van der Waals surface area (Å²) in [5.41, 5.74) is 5.77. The molecular formula is C11H19N3O3S2. The number of sulfone groups is 1. The molecule has 6 nitrogen and oxygen atoms in total. The Balaban J connectivity index is 2.42. The Bertz CT molecular complexity index is 541. The maximum absolute atomic E-state index is 12.3. The van der Waals surface area contributed by atoms with Gasteiger partial charge in [-0.2, -0.15) is 4.37 Å². The van der Waals surface area contributed by atoms with Gasteiger partial charge >= 0.3 is 0 Å². The van der Waals surface area contributed by atoms with Gasteiger partial charge in [0.2, 0.25) is 0 Å². The third kappa shape index (κ3) is 2.85. The fourth-order valence-corrected chi connectivity index (χ4v) is 5.04. The summed E-state index contributed by atoms with van der Waals surface area (Å²) < 4.78 is 34.0. The molecule has 0 bridgehead atoms. The summed E-state index contributed by atoms with van der Waals surface area (Å²) >= 11 is 1.16. The zero-order chi connectivity index (χ0) is 14.0. The number of aromatic nitrogens is 1.